The van der Waals surface area contributed by atoms with E-state index in [1.54, 1.807) is 0 Å². The van der Waals surface area contributed by atoms with Crippen molar-refractivity contribution >= 4 is 16.8 Å². The summed E-state index contributed by atoms with van der Waals surface area (Å²) in [7, 11) is 2.28. The van der Waals surface area contributed by atoms with Crippen molar-refractivity contribution in [3.63, 3.8) is 0 Å². The second-order valence-corrected chi connectivity index (χ2v) is 12.2. The lowest BCUT2D eigenvalue weighted by molar-refractivity contribution is 0.000143. The summed E-state index contributed by atoms with van der Waals surface area (Å²) in [4.78, 5) is 20.7. The summed E-state index contributed by atoms with van der Waals surface area (Å²) >= 11 is 0. The van der Waals surface area contributed by atoms with Gasteiger partial charge in [0.2, 0.25) is 0 Å². The number of rotatable bonds is 7. The normalized spacial score (nSPS) is 23.9. The van der Waals surface area contributed by atoms with Crippen LogP contribution in [0.15, 0.2) is 66.9 Å². The molecule has 0 radical (unpaired) electrons. The quantitative estimate of drug-likeness (QED) is 0.269. The highest BCUT2D eigenvalue weighted by Gasteiger charge is 2.37. The molecule has 2 aromatic carbocycles. The van der Waals surface area contributed by atoms with Gasteiger partial charge in [0.25, 0.3) is 5.91 Å². The summed E-state index contributed by atoms with van der Waals surface area (Å²) in [5.74, 6) is 1.25. The number of aromatic amines is 1. The number of nitrogens with one attached hydrogen (secondary N) is 2. The molecule has 2 bridgehead atoms. The molecule has 2 aliphatic heterocycles. The highest BCUT2D eigenvalue weighted by atomic mass is 16.5. The van der Waals surface area contributed by atoms with Gasteiger partial charge in [-0.3, -0.25) is 14.9 Å². The Balaban J connectivity index is 1.08. The Hall–Kier alpha value is -3.71. The number of aromatic nitrogens is 3. The van der Waals surface area contributed by atoms with Crippen molar-refractivity contribution < 1.29 is 9.53 Å². The Kier molecular flexibility index (Phi) is 7.21. The van der Waals surface area contributed by atoms with Crippen molar-refractivity contribution in [3.05, 3.63) is 78.1 Å². The van der Waals surface area contributed by atoms with Gasteiger partial charge in [0.05, 0.1) is 22.9 Å². The first-order valence-electron chi connectivity index (χ1n) is 15.3. The number of benzene rings is 2. The standard InChI is InChI=1S/C34H39N5O2/c1-39-25-9-6-10-26(39)21-28(20-25)41-27-15-12-23(13-16-27)32-29-19-24(14-17-30(29)37-38-32)34(40)36-33(22-7-2-3-8-22)31-11-4-5-18-35-31/h4-5,11-19,22,25-26,28,33H,2-3,6-10,20-21H2,1H3,(H,36,40)(H,37,38)/t25-,26+,28+,33?. The fourth-order valence-electron chi connectivity index (χ4n) is 7.43. The summed E-state index contributed by atoms with van der Waals surface area (Å²) in [6.07, 6.45) is 12.8. The predicted octanol–water partition coefficient (Wildman–Crippen LogP) is 6.68. The first-order valence-corrected chi connectivity index (χ1v) is 15.3. The van der Waals surface area contributed by atoms with Crippen LogP contribution in [-0.4, -0.2) is 51.2 Å². The van der Waals surface area contributed by atoms with Crippen LogP contribution in [0, 0.1) is 5.92 Å². The first-order chi connectivity index (χ1) is 20.1. The summed E-state index contributed by atoms with van der Waals surface area (Å²) in [6.45, 7) is 0. The number of piperidine rings is 2. The van der Waals surface area contributed by atoms with E-state index in [9.17, 15) is 4.79 Å². The van der Waals surface area contributed by atoms with Crippen molar-refractivity contribution in [1.82, 2.24) is 25.4 Å². The van der Waals surface area contributed by atoms with E-state index in [0.717, 1.165) is 59.3 Å². The topological polar surface area (TPSA) is 83.1 Å². The molecule has 2 N–H and O–H groups in total. The van der Waals surface area contributed by atoms with Crippen LogP contribution in [0.3, 0.4) is 0 Å². The second kappa shape index (κ2) is 11.3. The number of hydrogen-bond acceptors (Lipinski definition) is 5. The molecule has 1 amide bonds. The van der Waals surface area contributed by atoms with E-state index in [-0.39, 0.29) is 18.1 Å². The summed E-state index contributed by atoms with van der Waals surface area (Å²) < 4.78 is 6.45. The molecular weight excluding hydrogens is 510 g/mol. The molecule has 0 spiro atoms. The summed E-state index contributed by atoms with van der Waals surface area (Å²) in [5, 5.41) is 12.0. The lowest BCUT2D eigenvalue weighted by atomic mass is 9.83. The Morgan fingerprint density at radius 2 is 1.76 bits per heavy atom. The zero-order chi connectivity index (χ0) is 27.8. The minimum Gasteiger partial charge on any atom is -0.490 e. The number of pyridine rings is 1. The number of hydrogen-bond donors (Lipinski definition) is 2. The molecule has 7 rings (SSSR count). The smallest absolute Gasteiger partial charge is 0.251 e. The highest BCUT2D eigenvalue weighted by molar-refractivity contribution is 6.01. The second-order valence-electron chi connectivity index (χ2n) is 12.2. The molecule has 7 nitrogen and oxygen atoms in total. The number of amides is 1. The van der Waals surface area contributed by atoms with Crippen molar-refractivity contribution in [3.8, 4) is 17.0 Å². The van der Waals surface area contributed by atoms with Crippen molar-refractivity contribution in [2.75, 3.05) is 7.05 Å². The first kappa shape index (κ1) is 26.2. The maximum absolute atomic E-state index is 13.5. The van der Waals surface area contributed by atoms with Crippen LogP contribution in [-0.2, 0) is 0 Å². The summed E-state index contributed by atoms with van der Waals surface area (Å²) in [5.41, 5.74) is 4.31. The molecule has 1 aliphatic carbocycles. The Morgan fingerprint density at radius 3 is 2.49 bits per heavy atom. The fourth-order valence-corrected chi connectivity index (χ4v) is 7.43. The van der Waals surface area contributed by atoms with E-state index in [1.165, 1.54) is 32.1 Å². The van der Waals surface area contributed by atoms with E-state index in [1.807, 2.05) is 42.6 Å². The van der Waals surface area contributed by atoms with E-state index in [2.05, 4.69) is 56.7 Å². The van der Waals surface area contributed by atoms with Gasteiger partial charge >= 0.3 is 0 Å². The molecule has 4 atom stereocenters. The maximum Gasteiger partial charge on any atom is 0.251 e. The molecule has 3 fully saturated rings. The van der Waals surface area contributed by atoms with Crippen LogP contribution in [0.1, 0.15) is 79.9 Å². The van der Waals surface area contributed by atoms with Crippen molar-refractivity contribution in [2.24, 2.45) is 5.92 Å². The van der Waals surface area contributed by atoms with E-state index < -0.39 is 0 Å². The lowest BCUT2D eigenvalue weighted by Crippen LogP contribution is -2.52. The minimum absolute atomic E-state index is 0.0757. The van der Waals surface area contributed by atoms with Crippen LogP contribution >= 0.6 is 0 Å². The van der Waals surface area contributed by atoms with E-state index in [0.29, 0.717) is 23.6 Å². The van der Waals surface area contributed by atoms with Crippen LogP contribution in [0.2, 0.25) is 0 Å². The van der Waals surface area contributed by atoms with Crippen LogP contribution in [0.25, 0.3) is 22.2 Å². The Labute approximate surface area is 241 Å². The number of fused-ring (bicyclic) bond motifs is 3. The minimum atomic E-state index is -0.0811. The van der Waals surface area contributed by atoms with Gasteiger partial charge in [-0.05, 0) is 106 Å². The third-order valence-electron chi connectivity index (χ3n) is 9.72. The van der Waals surface area contributed by atoms with E-state index >= 15 is 0 Å². The SMILES string of the molecule is CN1[C@@H]2CCC[C@H]1C[C@@H](Oc1ccc(-c3n[nH]c4ccc(C(=O)NC(c5ccccn5)C5CCCC5)cc34)cc1)C2. The average molecular weight is 550 g/mol. The number of carbonyl (C=O) groups excluding carboxylic acids is 1. The molecule has 2 aromatic heterocycles. The molecular formula is C34H39N5O2. The molecule has 4 aromatic rings. The van der Waals surface area contributed by atoms with Gasteiger partial charge in [-0.2, -0.15) is 5.10 Å². The lowest BCUT2D eigenvalue weighted by Gasteiger charge is -2.46. The van der Waals surface area contributed by atoms with Gasteiger partial charge in [0.15, 0.2) is 0 Å². The van der Waals surface area contributed by atoms with E-state index in [4.69, 9.17) is 4.74 Å². The number of ether oxygens (including phenoxy) is 1. The third-order valence-corrected chi connectivity index (χ3v) is 9.72. The van der Waals surface area contributed by atoms with Crippen molar-refractivity contribution in [2.45, 2.75) is 82.0 Å². The molecule has 41 heavy (non-hydrogen) atoms. The molecule has 1 unspecified atom stereocenters. The molecule has 3 aliphatic rings. The maximum atomic E-state index is 13.5. The predicted molar refractivity (Wildman–Crippen MR) is 161 cm³/mol. The highest BCUT2D eigenvalue weighted by Crippen LogP contribution is 2.37. The average Bonchev–Trinajstić information content (AvgIpc) is 3.68. The molecule has 4 heterocycles. The van der Waals surface area contributed by atoms with Crippen molar-refractivity contribution in [1.29, 1.82) is 0 Å². The van der Waals surface area contributed by atoms with Crippen LogP contribution in [0.4, 0.5) is 0 Å². The third kappa shape index (κ3) is 5.35. The van der Waals surface area contributed by atoms with Gasteiger partial charge in [0.1, 0.15) is 11.9 Å². The summed E-state index contributed by atoms with van der Waals surface area (Å²) in [6, 6.07) is 21.2. The van der Waals surface area contributed by atoms with Gasteiger partial charge < -0.3 is 15.0 Å². The number of H-pyrrole nitrogens is 1. The van der Waals surface area contributed by atoms with Gasteiger partial charge in [0, 0.05) is 34.8 Å². The zero-order valence-electron chi connectivity index (χ0n) is 23.8. The Morgan fingerprint density at radius 1 is 0.976 bits per heavy atom. The zero-order valence-corrected chi connectivity index (χ0v) is 23.8. The monoisotopic (exact) mass is 549 g/mol. The van der Waals surface area contributed by atoms with Gasteiger partial charge in [-0.25, -0.2) is 0 Å². The number of carbonyl (C=O) groups is 1. The molecule has 2 saturated heterocycles. The molecule has 7 heteroatoms. The van der Waals surface area contributed by atoms with Gasteiger partial charge in [-0.1, -0.05) is 25.3 Å². The fraction of sp³-hybridized carbons (Fsp3) is 0.441. The van der Waals surface area contributed by atoms with Crippen LogP contribution in [0.5, 0.6) is 5.75 Å². The largest absolute Gasteiger partial charge is 0.490 e. The molecule has 1 saturated carbocycles. The molecule has 212 valence electrons. The Bertz CT molecular complexity index is 1480. The van der Waals surface area contributed by atoms with Crippen LogP contribution < -0.4 is 10.1 Å². The van der Waals surface area contributed by atoms with Gasteiger partial charge in [-0.15, -0.1) is 0 Å². The number of nitrogens with zero attached hydrogens (tertiary/aromatic N) is 3.